The number of amides is 1. The molecule has 1 amide bonds. The van der Waals surface area contributed by atoms with Gasteiger partial charge in [-0.2, -0.15) is 4.31 Å². The molecule has 1 aliphatic heterocycles. The second-order valence-corrected chi connectivity index (χ2v) is 6.62. The molecule has 1 aromatic heterocycles. The van der Waals surface area contributed by atoms with Crippen molar-refractivity contribution in [2.24, 2.45) is 0 Å². The normalized spacial score (nSPS) is 17.0. The van der Waals surface area contributed by atoms with Crippen LogP contribution in [0.25, 0.3) is 0 Å². The van der Waals surface area contributed by atoms with Crippen LogP contribution in [0, 0.1) is 0 Å². The Balaban J connectivity index is 2.37. The lowest BCUT2D eigenvalue weighted by molar-refractivity contribution is -0.122. The Morgan fingerprint density at radius 2 is 2.26 bits per heavy atom. The predicted molar refractivity (Wildman–Crippen MR) is 67.4 cm³/mol. The van der Waals surface area contributed by atoms with Crippen LogP contribution in [0.15, 0.2) is 16.3 Å². The number of carbonyl (C=O) groups excluding carboxylic acids is 2. The molecule has 0 unspecified atom stereocenters. The molecule has 2 heterocycles. The molecular formula is C10H12N2O5S2. The first-order chi connectivity index (χ1) is 8.96. The second-order valence-electron chi connectivity index (χ2n) is 3.79. The van der Waals surface area contributed by atoms with Gasteiger partial charge < -0.3 is 10.1 Å². The highest BCUT2D eigenvalue weighted by Gasteiger charge is 2.33. The molecule has 1 saturated heterocycles. The number of hydrogen-bond acceptors (Lipinski definition) is 6. The van der Waals surface area contributed by atoms with Gasteiger partial charge >= 0.3 is 5.97 Å². The number of rotatable bonds is 3. The number of nitrogens with zero attached hydrogens (tertiary/aromatic N) is 1. The van der Waals surface area contributed by atoms with E-state index in [1.54, 1.807) is 0 Å². The molecule has 104 valence electrons. The van der Waals surface area contributed by atoms with E-state index < -0.39 is 16.0 Å². The van der Waals surface area contributed by atoms with E-state index >= 15 is 0 Å². The average molecular weight is 304 g/mol. The van der Waals surface area contributed by atoms with Gasteiger partial charge in [0.05, 0.1) is 13.7 Å². The van der Waals surface area contributed by atoms with E-state index in [9.17, 15) is 18.0 Å². The average Bonchev–Trinajstić information content (AvgIpc) is 2.87. The van der Waals surface area contributed by atoms with Crippen LogP contribution >= 0.6 is 11.3 Å². The van der Waals surface area contributed by atoms with Crippen LogP contribution in [0.3, 0.4) is 0 Å². The standard InChI is InChI=1S/C10H12N2O5S2/c1-17-10(14)9-7(2-5-18-9)19(15,16)12-4-3-11-8(13)6-12/h2,5H,3-4,6H2,1H3,(H,11,13). The summed E-state index contributed by atoms with van der Waals surface area (Å²) in [4.78, 5) is 22.7. The minimum absolute atomic E-state index is 0.0217. The fourth-order valence-electron chi connectivity index (χ4n) is 1.70. The molecule has 0 bridgehead atoms. The highest BCUT2D eigenvalue weighted by molar-refractivity contribution is 7.89. The van der Waals surface area contributed by atoms with Crippen LogP contribution in [-0.2, 0) is 19.6 Å². The molecule has 2 rings (SSSR count). The van der Waals surface area contributed by atoms with Gasteiger partial charge in [0.15, 0.2) is 0 Å². The molecule has 0 aromatic carbocycles. The summed E-state index contributed by atoms with van der Waals surface area (Å²) in [7, 11) is -2.67. The SMILES string of the molecule is COC(=O)c1sccc1S(=O)(=O)N1CCNC(=O)C1. The fraction of sp³-hybridized carbons (Fsp3) is 0.400. The number of ether oxygens (including phenoxy) is 1. The monoisotopic (exact) mass is 304 g/mol. The lowest BCUT2D eigenvalue weighted by Gasteiger charge is -2.25. The largest absolute Gasteiger partial charge is 0.465 e. The number of piperazine rings is 1. The number of sulfonamides is 1. The van der Waals surface area contributed by atoms with Gasteiger partial charge in [-0.3, -0.25) is 4.79 Å². The molecular weight excluding hydrogens is 292 g/mol. The smallest absolute Gasteiger partial charge is 0.349 e. The highest BCUT2D eigenvalue weighted by atomic mass is 32.2. The molecule has 0 radical (unpaired) electrons. The van der Waals surface area contributed by atoms with Gasteiger partial charge in [0.25, 0.3) is 0 Å². The Bertz CT molecular complexity index is 607. The van der Waals surface area contributed by atoms with E-state index in [1.165, 1.54) is 18.6 Å². The van der Waals surface area contributed by atoms with Crippen LogP contribution in [0.1, 0.15) is 9.67 Å². The number of thiophene rings is 1. The van der Waals surface area contributed by atoms with Crippen molar-refractivity contribution < 1.29 is 22.7 Å². The van der Waals surface area contributed by atoms with Gasteiger partial charge in [0.1, 0.15) is 9.77 Å². The summed E-state index contributed by atoms with van der Waals surface area (Å²) < 4.78 is 30.4. The molecule has 0 spiro atoms. The molecule has 9 heteroatoms. The van der Waals surface area contributed by atoms with Crippen molar-refractivity contribution in [2.75, 3.05) is 26.7 Å². The Morgan fingerprint density at radius 3 is 2.89 bits per heavy atom. The summed E-state index contributed by atoms with van der Waals surface area (Å²) in [5.41, 5.74) is 0. The third-order valence-corrected chi connectivity index (χ3v) is 5.53. The van der Waals surface area contributed by atoms with Crippen molar-refractivity contribution >= 4 is 33.2 Å². The molecule has 7 nitrogen and oxygen atoms in total. The van der Waals surface area contributed by atoms with E-state index in [1.807, 2.05) is 0 Å². The number of carbonyl (C=O) groups is 2. The zero-order valence-electron chi connectivity index (χ0n) is 10.1. The first-order valence-corrected chi connectivity index (χ1v) is 7.71. The Labute approximate surface area is 114 Å². The van der Waals surface area contributed by atoms with E-state index in [4.69, 9.17) is 0 Å². The van der Waals surface area contributed by atoms with Gasteiger partial charge in [-0.1, -0.05) is 0 Å². The van der Waals surface area contributed by atoms with Crippen molar-refractivity contribution in [3.63, 3.8) is 0 Å². The van der Waals surface area contributed by atoms with Crippen molar-refractivity contribution in [3.8, 4) is 0 Å². The summed E-state index contributed by atoms with van der Waals surface area (Å²) in [5, 5.41) is 4.05. The Kier molecular flexibility index (Phi) is 3.88. The van der Waals surface area contributed by atoms with Gasteiger partial charge in [0, 0.05) is 13.1 Å². The van der Waals surface area contributed by atoms with E-state index in [0.717, 1.165) is 15.6 Å². The minimum Gasteiger partial charge on any atom is -0.465 e. The summed E-state index contributed by atoms with van der Waals surface area (Å²) in [6.45, 7) is 0.207. The van der Waals surface area contributed by atoms with Crippen molar-refractivity contribution in [1.29, 1.82) is 0 Å². The quantitative estimate of drug-likeness (QED) is 0.771. The maximum atomic E-state index is 12.4. The topological polar surface area (TPSA) is 92.8 Å². The second kappa shape index (κ2) is 5.27. The van der Waals surface area contributed by atoms with Crippen LogP contribution in [-0.4, -0.2) is 51.3 Å². The minimum atomic E-state index is -3.86. The van der Waals surface area contributed by atoms with Gasteiger partial charge in [-0.15, -0.1) is 11.3 Å². The lowest BCUT2D eigenvalue weighted by Crippen LogP contribution is -2.49. The maximum absolute atomic E-state index is 12.4. The van der Waals surface area contributed by atoms with Crippen molar-refractivity contribution in [3.05, 3.63) is 16.3 Å². The Hall–Kier alpha value is -1.45. The molecule has 1 N–H and O–H groups in total. The third kappa shape index (κ3) is 2.62. The highest BCUT2D eigenvalue weighted by Crippen LogP contribution is 2.26. The van der Waals surface area contributed by atoms with Gasteiger partial charge in [0.2, 0.25) is 15.9 Å². The van der Waals surface area contributed by atoms with E-state index in [0.29, 0.717) is 0 Å². The van der Waals surface area contributed by atoms with Gasteiger partial charge in [-0.05, 0) is 11.4 Å². The van der Waals surface area contributed by atoms with Crippen LogP contribution in [0.5, 0.6) is 0 Å². The zero-order valence-corrected chi connectivity index (χ0v) is 11.7. The van der Waals surface area contributed by atoms with E-state index in [2.05, 4.69) is 10.1 Å². The lowest BCUT2D eigenvalue weighted by atomic mass is 10.4. The summed E-state index contributed by atoms with van der Waals surface area (Å²) in [6, 6.07) is 1.35. The van der Waals surface area contributed by atoms with Crippen LogP contribution in [0.4, 0.5) is 0 Å². The molecule has 0 atom stereocenters. The molecule has 1 aliphatic rings. The van der Waals surface area contributed by atoms with Crippen LogP contribution in [0.2, 0.25) is 0 Å². The summed E-state index contributed by atoms with van der Waals surface area (Å²) in [6.07, 6.45) is 0. The summed E-state index contributed by atoms with van der Waals surface area (Å²) >= 11 is 0.993. The number of nitrogens with one attached hydrogen (secondary N) is 1. The first-order valence-electron chi connectivity index (χ1n) is 5.39. The number of esters is 1. The molecule has 1 aromatic rings. The van der Waals surface area contributed by atoms with Crippen LogP contribution < -0.4 is 5.32 Å². The summed E-state index contributed by atoms with van der Waals surface area (Å²) in [5.74, 6) is -1.06. The predicted octanol–water partition coefficient (Wildman–Crippen LogP) is -0.345. The maximum Gasteiger partial charge on any atom is 0.349 e. The fourth-order valence-corrected chi connectivity index (χ4v) is 4.41. The van der Waals surface area contributed by atoms with E-state index in [-0.39, 0.29) is 35.3 Å². The molecule has 19 heavy (non-hydrogen) atoms. The molecule has 0 saturated carbocycles. The number of hydrogen-bond donors (Lipinski definition) is 1. The van der Waals surface area contributed by atoms with Crippen molar-refractivity contribution in [1.82, 2.24) is 9.62 Å². The molecule has 1 fully saturated rings. The Morgan fingerprint density at radius 1 is 1.53 bits per heavy atom. The third-order valence-electron chi connectivity index (χ3n) is 2.62. The van der Waals surface area contributed by atoms with Crippen molar-refractivity contribution in [2.45, 2.75) is 4.90 Å². The number of methoxy groups -OCH3 is 1. The molecule has 0 aliphatic carbocycles. The first kappa shape index (κ1) is 14.0. The zero-order chi connectivity index (χ0) is 14.0. The van der Waals surface area contributed by atoms with Gasteiger partial charge in [-0.25, -0.2) is 13.2 Å².